The van der Waals surface area contributed by atoms with Gasteiger partial charge in [0.2, 0.25) is 0 Å². The molecule has 0 amide bonds. The maximum absolute atomic E-state index is 12.2. The predicted octanol–water partition coefficient (Wildman–Crippen LogP) is 1.60. The normalized spacial score (nSPS) is 25.8. The third kappa shape index (κ3) is 1.27. The van der Waals surface area contributed by atoms with E-state index in [4.69, 9.17) is 9.47 Å². The number of methoxy groups -OCH3 is 1. The molecule has 1 aromatic rings. The number of hydrogen-bond acceptors (Lipinski definition) is 4. The molecule has 2 aliphatic rings. The zero-order valence-electron chi connectivity index (χ0n) is 9.60. The van der Waals surface area contributed by atoms with Crippen molar-refractivity contribution in [2.75, 3.05) is 20.3 Å². The lowest BCUT2D eigenvalue weighted by Crippen LogP contribution is -2.48. The molecule has 0 spiro atoms. The molecular weight excluding hydrogens is 218 g/mol. The Kier molecular flexibility index (Phi) is 2.26. The van der Waals surface area contributed by atoms with Gasteiger partial charge in [0.15, 0.2) is 0 Å². The van der Waals surface area contributed by atoms with Crippen LogP contribution in [0.4, 0.5) is 5.69 Å². The van der Waals surface area contributed by atoms with E-state index in [1.807, 2.05) is 24.3 Å². The molecule has 3 rings (SSSR count). The highest BCUT2D eigenvalue weighted by Crippen LogP contribution is 2.44. The van der Waals surface area contributed by atoms with Crippen LogP contribution < -0.4 is 0 Å². The van der Waals surface area contributed by atoms with Crippen molar-refractivity contribution in [3.05, 3.63) is 29.8 Å². The highest BCUT2D eigenvalue weighted by Gasteiger charge is 2.52. The van der Waals surface area contributed by atoms with Gasteiger partial charge in [-0.25, -0.2) is 0 Å². The van der Waals surface area contributed by atoms with E-state index in [-0.39, 0.29) is 5.97 Å². The van der Waals surface area contributed by atoms with E-state index >= 15 is 0 Å². The van der Waals surface area contributed by atoms with Gasteiger partial charge in [-0.1, -0.05) is 18.2 Å². The Morgan fingerprint density at radius 3 is 3.12 bits per heavy atom. The molecular formula is C13H13NO3. The highest BCUT2D eigenvalue weighted by atomic mass is 16.5. The van der Waals surface area contributed by atoms with Crippen LogP contribution in [-0.2, 0) is 19.7 Å². The SMILES string of the molecule is COC(=O)C12CCOCC1=Nc1ccccc12. The number of rotatable bonds is 1. The zero-order chi connectivity index (χ0) is 11.9. The largest absolute Gasteiger partial charge is 0.468 e. The molecule has 2 heterocycles. The van der Waals surface area contributed by atoms with Crippen molar-refractivity contribution in [1.29, 1.82) is 0 Å². The summed E-state index contributed by atoms with van der Waals surface area (Å²) in [6, 6.07) is 7.73. The minimum atomic E-state index is -0.705. The van der Waals surface area contributed by atoms with Crippen LogP contribution in [0.15, 0.2) is 29.3 Å². The van der Waals surface area contributed by atoms with Crippen molar-refractivity contribution in [2.45, 2.75) is 11.8 Å². The molecule has 0 N–H and O–H groups in total. The van der Waals surface area contributed by atoms with Gasteiger partial charge in [0.05, 0.1) is 25.1 Å². The third-order valence-electron chi connectivity index (χ3n) is 3.51. The van der Waals surface area contributed by atoms with Crippen molar-refractivity contribution in [2.24, 2.45) is 4.99 Å². The van der Waals surface area contributed by atoms with Crippen LogP contribution in [0.3, 0.4) is 0 Å². The average Bonchev–Trinajstić information content (AvgIpc) is 2.73. The van der Waals surface area contributed by atoms with E-state index in [0.717, 1.165) is 17.0 Å². The molecule has 1 fully saturated rings. The summed E-state index contributed by atoms with van der Waals surface area (Å²) in [7, 11) is 1.42. The predicted molar refractivity (Wildman–Crippen MR) is 62.7 cm³/mol. The van der Waals surface area contributed by atoms with Gasteiger partial charge in [-0.3, -0.25) is 9.79 Å². The van der Waals surface area contributed by atoms with Crippen LogP contribution in [0, 0.1) is 0 Å². The van der Waals surface area contributed by atoms with Crippen molar-refractivity contribution in [3.8, 4) is 0 Å². The van der Waals surface area contributed by atoms with Gasteiger partial charge in [0, 0.05) is 12.2 Å². The van der Waals surface area contributed by atoms with Crippen molar-refractivity contribution < 1.29 is 14.3 Å². The summed E-state index contributed by atoms with van der Waals surface area (Å²) >= 11 is 0. The fourth-order valence-electron chi connectivity index (χ4n) is 2.66. The van der Waals surface area contributed by atoms with Gasteiger partial charge >= 0.3 is 5.97 Å². The number of ether oxygens (including phenoxy) is 2. The van der Waals surface area contributed by atoms with Crippen LogP contribution in [0.5, 0.6) is 0 Å². The van der Waals surface area contributed by atoms with Gasteiger partial charge in [0.1, 0.15) is 5.41 Å². The molecule has 0 aromatic heterocycles. The molecule has 4 heteroatoms. The molecule has 1 aromatic carbocycles. The van der Waals surface area contributed by atoms with Crippen LogP contribution >= 0.6 is 0 Å². The lowest BCUT2D eigenvalue weighted by atomic mass is 9.74. The molecule has 0 aliphatic carbocycles. The molecule has 0 radical (unpaired) electrons. The lowest BCUT2D eigenvalue weighted by molar-refractivity contribution is -0.146. The minimum absolute atomic E-state index is 0.232. The first-order chi connectivity index (χ1) is 8.29. The number of fused-ring (bicyclic) bond motifs is 3. The Balaban J connectivity index is 2.20. The highest BCUT2D eigenvalue weighted by molar-refractivity contribution is 6.17. The van der Waals surface area contributed by atoms with Gasteiger partial charge in [0.25, 0.3) is 0 Å². The van der Waals surface area contributed by atoms with Gasteiger partial charge in [-0.15, -0.1) is 0 Å². The lowest BCUT2D eigenvalue weighted by Gasteiger charge is -2.32. The smallest absolute Gasteiger partial charge is 0.322 e. The van der Waals surface area contributed by atoms with Crippen molar-refractivity contribution >= 4 is 17.4 Å². The maximum atomic E-state index is 12.2. The second kappa shape index (κ2) is 3.67. The molecule has 1 saturated heterocycles. The summed E-state index contributed by atoms with van der Waals surface area (Å²) in [6.45, 7) is 0.965. The topological polar surface area (TPSA) is 47.9 Å². The second-order valence-corrected chi connectivity index (χ2v) is 4.28. The number of carbonyl (C=O) groups is 1. The number of benzene rings is 1. The van der Waals surface area contributed by atoms with E-state index in [1.165, 1.54) is 7.11 Å². The Bertz CT molecular complexity index is 509. The summed E-state index contributed by atoms with van der Waals surface area (Å²) in [6.07, 6.45) is 0.607. The fourth-order valence-corrected chi connectivity index (χ4v) is 2.66. The zero-order valence-corrected chi connectivity index (χ0v) is 9.60. The van der Waals surface area contributed by atoms with Gasteiger partial charge in [-0.2, -0.15) is 0 Å². The molecule has 88 valence electrons. The standard InChI is InChI=1S/C13H13NO3/c1-16-12(15)13-6-7-17-8-11(13)14-10-5-3-2-4-9(10)13/h2-5H,6-8H2,1H3. The molecule has 0 bridgehead atoms. The Morgan fingerprint density at radius 1 is 1.47 bits per heavy atom. The second-order valence-electron chi connectivity index (χ2n) is 4.28. The Morgan fingerprint density at radius 2 is 2.29 bits per heavy atom. The number of aliphatic imine (C=N–C) groups is 1. The van der Waals surface area contributed by atoms with Gasteiger partial charge in [-0.05, 0) is 12.5 Å². The summed E-state index contributed by atoms with van der Waals surface area (Å²) in [5, 5.41) is 0. The van der Waals surface area contributed by atoms with Crippen LogP contribution in [0.2, 0.25) is 0 Å². The Labute approximate surface area is 99.3 Å². The van der Waals surface area contributed by atoms with E-state index in [0.29, 0.717) is 19.6 Å². The number of hydrogen-bond donors (Lipinski definition) is 0. The summed E-state index contributed by atoms with van der Waals surface area (Å²) in [4.78, 5) is 16.7. The molecule has 17 heavy (non-hydrogen) atoms. The number of esters is 1. The monoisotopic (exact) mass is 231 g/mol. The molecule has 1 atom stereocenters. The summed E-state index contributed by atoms with van der Waals surface area (Å²) in [5.74, 6) is -0.232. The van der Waals surface area contributed by atoms with E-state index < -0.39 is 5.41 Å². The molecule has 4 nitrogen and oxygen atoms in total. The summed E-state index contributed by atoms with van der Waals surface area (Å²) in [5.41, 5.74) is 1.88. The first-order valence-corrected chi connectivity index (χ1v) is 5.63. The molecule has 0 saturated carbocycles. The van der Waals surface area contributed by atoms with Crippen molar-refractivity contribution in [1.82, 2.24) is 0 Å². The van der Waals surface area contributed by atoms with E-state index in [9.17, 15) is 4.79 Å². The quantitative estimate of drug-likeness (QED) is 0.690. The van der Waals surface area contributed by atoms with Crippen LogP contribution in [0.25, 0.3) is 0 Å². The first-order valence-electron chi connectivity index (χ1n) is 5.63. The molecule has 1 unspecified atom stereocenters. The Hall–Kier alpha value is -1.68. The minimum Gasteiger partial charge on any atom is -0.468 e. The fraction of sp³-hybridized carbons (Fsp3) is 0.385. The average molecular weight is 231 g/mol. The van der Waals surface area contributed by atoms with Gasteiger partial charge < -0.3 is 9.47 Å². The van der Waals surface area contributed by atoms with E-state index in [1.54, 1.807) is 0 Å². The number of carbonyl (C=O) groups excluding carboxylic acids is 1. The summed E-state index contributed by atoms with van der Waals surface area (Å²) < 4.78 is 10.4. The number of nitrogens with zero attached hydrogens (tertiary/aromatic N) is 1. The van der Waals surface area contributed by atoms with Crippen LogP contribution in [-0.4, -0.2) is 32.0 Å². The van der Waals surface area contributed by atoms with Crippen LogP contribution in [0.1, 0.15) is 12.0 Å². The number of para-hydroxylation sites is 1. The first kappa shape index (κ1) is 10.5. The molecule has 2 aliphatic heterocycles. The third-order valence-corrected chi connectivity index (χ3v) is 3.51. The maximum Gasteiger partial charge on any atom is 0.322 e. The van der Waals surface area contributed by atoms with E-state index in [2.05, 4.69) is 4.99 Å². The van der Waals surface area contributed by atoms with Crippen molar-refractivity contribution in [3.63, 3.8) is 0 Å².